The van der Waals surface area contributed by atoms with Crippen molar-refractivity contribution in [2.75, 3.05) is 12.4 Å². The number of carbonyl (C=O) groups excluding carboxylic acids is 1. The molecule has 5 heteroatoms. The second kappa shape index (κ2) is 7.72. The summed E-state index contributed by atoms with van der Waals surface area (Å²) < 4.78 is 5.16. The number of pyridine rings is 1. The molecule has 0 aliphatic rings. The van der Waals surface area contributed by atoms with Crippen LogP contribution in [-0.2, 0) is 10.2 Å². The molecule has 3 rings (SSSR count). The number of nitrogens with zero attached hydrogens (tertiary/aromatic N) is 1. The molecule has 1 aromatic heterocycles. The molecular weight excluding hydrogens is 352 g/mol. The van der Waals surface area contributed by atoms with Gasteiger partial charge in [0.2, 0.25) is 5.91 Å². The predicted molar refractivity (Wildman–Crippen MR) is 111 cm³/mol. The van der Waals surface area contributed by atoms with Crippen LogP contribution in [-0.4, -0.2) is 23.1 Å². The number of hydrogen-bond donors (Lipinski definition) is 2. The highest BCUT2D eigenvalue weighted by Gasteiger charge is 2.31. The van der Waals surface area contributed by atoms with Gasteiger partial charge in [0.25, 0.3) is 0 Å². The van der Waals surface area contributed by atoms with E-state index in [-0.39, 0.29) is 11.7 Å². The van der Waals surface area contributed by atoms with Gasteiger partial charge in [-0.1, -0.05) is 42.0 Å². The second-order valence-electron chi connectivity index (χ2n) is 7.24. The van der Waals surface area contributed by atoms with Crippen LogP contribution in [0.3, 0.4) is 0 Å². The highest BCUT2D eigenvalue weighted by atomic mass is 16.5. The van der Waals surface area contributed by atoms with Gasteiger partial charge in [0.1, 0.15) is 5.82 Å². The molecule has 2 aromatic carbocycles. The van der Waals surface area contributed by atoms with Crippen LogP contribution in [0.4, 0.5) is 5.82 Å². The van der Waals surface area contributed by atoms with Crippen LogP contribution < -0.4 is 10.1 Å². The largest absolute Gasteiger partial charge is 0.504 e. The van der Waals surface area contributed by atoms with E-state index >= 15 is 0 Å². The summed E-state index contributed by atoms with van der Waals surface area (Å²) in [5, 5.41) is 12.7. The summed E-state index contributed by atoms with van der Waals surface area (Å²) in [7, 11) is 1.48. The average Bonchev–Trinajstić information content (AvgIpc) is 2.69. The van der Waals surface area contributed by atoms with Crippen molar-refractivity contribution in [2.45, 2.75) is 26.2 Å². The number of aryl methyl sites for hydroxylation is 1. The minimum absolute atomic E-state index is 0.0370. The molecule has 0 saturated carbocycles. The Morgan fingerprint density at radius 1 is 1.07 bits per heavy atom. The fraction of sp³-hybridized carbons (Fsp3) is 0.217. The molecule has 28 heavy (non-hydrogen) atoms. The van der Waals surface area contributed by atoms with Crippen LogP contribution in [0.2, 0.25) is 0 Å². The minimum Gasteiger partial charge on any atom is -0.504 e. The van der Waals surface area contributed by atoms with E-state index in [9.17, 15) is 9.90 Å². The number of aromatic nitrogens is 1. The molecule has 0 saturated heterocycles. The number of ether oxygens (including phenoxy) is 1. The maximum atomic E-state index is 13.0. The van der Waals surface area contributed by atoms with Gasteiger partial charge in [0.15, 0.2) is 11.5 Å². The van der Waals surface area contributed by atoms with E-state index < -0.39 is 5.41 Å². The Kier molecular flexibility index (Phi) is 5.36. The lowest BCUT2D eigenvalue weighted by Crippen LogP contribution is -2.35. The molecule has 5 nitrogen and oxygen atoms in total. The summed E-state index contributed by atoms with van der Waals surface area (Å²) in [5.74, 6) is 0.656. The van der Waals surface area contributed by atoms with Crippen LogP contribution in [0.5, 0.6) is 11.5 Å². The molecule has 1 amide bonds. The van der Waals surface area contributed by atoms with E-state index in [1.807, 2.05) is 57.2 Å². The quantitative estimate of drug-likeness (QED) is 0.678. The van der Waals surface area contributed by atoms with Crippen molar-refractivity contribution >= 4 is 11.7 Å². The summed E-state index contributed by atoms with van der Waals surface area (Å²) >= 11 is 0. The first-order valence-corrected chi connectivity index (χ1v) is 9.04. The van der Waals surface area contributed by atoms with Gasteiger partial charge < -0.3 is 15.2 Å². The maximum absolute atomic E-state index is 13.0. The van der Waals surface area contributed by atoms with Crippen molar-refractivity contribution < 1.29 is 14.6 Å². The van der Waals surface area contributed by atoms with Gasteiger partial charge in [-0.3, -0.25) is 4.79 Å². The van der Waals surface area contributed by atoms with Gasteiger partial charge in [0.05, 0.1) is 18.2 Å². The van der Waals surface area contributed by atoms with E-state index in [2.05, 4.69) is 10.3 Å². The lowest BCUT2D eigenvalue weighted by Gasteiger charge is -2.24. The van der Waals surface area contributed by atoms with Gasteiger partial charge in [0, 0.05) is 5.56 Å². The Balaban J connectivity index is 1.84. The molecule has 0 radical (unpaired) electrons. The first-order valence-electron chi connectivity index (χ1n) is 9.04. The average molecular weight is 376 g/mol. The molecule has 0 fully saturated rings. The SMILES string of the molecule is COc1cc(C(C)(C)C(=O)Nc2cccc(-c3ccc(C)cc3)n2)ccc1O. The van der Waals surface area contributed by atoms with Crippen LogP contribution in [0, 0.1) is 6.92 Å². The Hall–Kier alpha value is -3.34. The normalized spacial score (nSPS) is 11.1. The van der Waals surface area contributed by atoms with Crippen molar-refractivity contribution in [3.8, 4) is 22.8 Å². The van der Waals surface area contributed by atoms with E-state index in [1.54, 1.807) is 18.2 Å². The molecule has 0 atom stereocenters. The third kappa shape index (κ3) is 3.98. The highest BCUT2D eigenvalue weighted by molar-refractivity contribution is 5.98. The summed E-state index contributed by atoms with van der Waals surface area (Å²) in [4.78, 5) is 17.5. The third-order valence-corrected chi connectivity index (χ3v) is 4.81. The van der Waals surface area contributed by atoms with Gasteiger partial charge in [-0.05, 0) is 50.6 Å². The van der Waals surface area contributed by atoms with Gasteiger partial charge in [-0.2, -0.15) is 0 Å². The second-order valence-corrected chi connectivity index (χ2v) is 7.24. The Bertz CT molecular complexity index is 995. The number of rotatable bonds is 5. The Morgan fingerprint density at radius 2 is 1.79 bits per heavy atom. The number of benzene rings is 2. The molecule has 0 aliphatic carbocycles. The molecule has 0 bridgehead atoms. The zero-order chi connectivity index (χ0) is 20.3. The summed E-state index contributed by atoms with van der Waals surface area (Å²) in [6.07, 6.45) is 0. The van der Waals surface area contributed by atoms with Crippen LogP contribution in [0.15, 0.2) is 60.7 Å². The van der Waals surface area contributed by atoms with Gasteiger partial charge >= 0.3 is 0 Å². The van der Waals surface area contributed by atoms with E-state index in [0.29, 0.717) is 11.6 Å². The molecule has 0 aliphatic heterocycles. The Labute approximate surface area is 165 Å². The standard InChI is InChI=1S/C23H24N2O3/c1-15-8-10-16(11-9-15)18-6-5-7-21(24-18)25-22(27)23(2,3)17-12-13-19(26)20(14-17)28-4/h5-14,26H,1-4H3,(H,24,25,27). The topological polar surface area (TPSA) is 71.5 Å². The maximum Gasteiger partial charge on any atom is 0.235 e. The number of hydrogen-bond acceptors (Lipinski definition) is 4. The minimum atomic E-state index is -0.845. The molecule has 144 valence electrons. The number of anilines is 1. The number of phenols is 1. The number of amides is 1. The third-order valence-electron chi connectivity index (χ3n) is 4.81. The first kappa shape index (κ1) is 19.4. The van der Waals surface area contributed by atoms with Crippen molar-refractivity contribution in [3.05, 3.63) is 71.8 Å². The van der Waals surface area contributed by atoms with Crippen LogP contribution in [0.25, 0.3) is 11.3 Å². The molecule has 3 aromatic rings. The van der Waals surface area contributed by atoms with E-state index in [1.165, 1.54) is 18.7 Å². The van der Waals surface area contributed by atoms with Gasteiger partial charge in [-0.25, -0.2) is 4.98 Å². The number of aromatic hydroxyl groups is 1. The fourth-order valence-corrected chi connectivity index (χ4v) is 2.86. The molecule has 2 N–H and O–H groups in total. The molecule has 0 unspecified atom stereocenters. The smallest absolute Gasteiger partial charge is 0.235 e. The van der Waals surface area contributed by atoms with Crippen LogP contribution in [0.1, 0.15) is 25.0 Å². The number of phenolic OH excluding ortho intramolecular Hbond substituents is 1. The highest BCUT2D eigenvalue weighted by Crippen LogP contribution is 2.33. The molecule has 1 heterocycles. The first-order chi connectivity index (χ1) is 13.3. The van der Waals surface area contributed by atoms with Crippen molar-refractivity contribution in [1.82, 2.24) is 4.98 Å². The Morgan fingerprint density at radius 3 is 2.46 bits per heavy atom. The predicted octanol–water partition coefficient (Wildman–Crippen LogP) is 4.69. The van der Waals surface area contributed by atoms with Gasteiger partial charge in [-0.15, -0.1) is 0 Å². The zero-order valence-corrected chi connectivity index (χ0v) is 16.5. The number of carbonyl (C=O) groups is 1. The van der Waals surface area contributed by atoms with Crippen LogP contribution >= 0.6 is 0 Å². The number of methoxy groups -OCH3 is 1. The van der Waals surface area contributed by atoms with Crippen molar-refractivity contribution in [2.24, 2.45) is 0 Å². The lowest BCUT2D eigenvalue weighted by atomic mass is 9.83. The number of nitrogens with one attached hydrogen (secondary N) is 1. The van der Waals surface area contributed by atoms with Crippen molar-refractivity contribution in [3.63, 3.8) is 0 Å². The van der Waals surface area contributed by atoms with E-state index in [0.717, 1.165) is 16.8 Å². The monoisotopic (exact) mass is 376 g/mol. The molecule has 0 spiro atoms. The fourth-order valence-electron chi connectivity index (χ4n) is 2.86. The van der Waals surface area contributed by atoms with E-state index in [4.69, 9.17) is 4.74 Å². The zero-order valence-electron chi connectivity index (χ0n) is 16.5. The summed E-state index contributed by atoms with van der Waals surface area (Å²) in [5.41, 5.74) is 2.85. The van der Waals surface area contributed by atoms with Crippen molar-refractivity contribution in [1.29, 1.82) is 0 Å². The lowest BCUT2D eigenvalue weighted by molar-refractivity contribution is -0.120. The summed E-state index contributed by atoms with van der Waals surface area (Å²) in [6, 6.07) is 18.5. The molecular formula is C23H24N2O3. The summed E-state index contributed by atoms with van der Waals surface area (Å²) in [6.45, 7) is 5.67.